The number of para-hydroxylation sites is 1. The highest BCUT2D eigenvalue weighted by atomic mass is 79.9. The Morgan fingerprint density at radius 3 is 2.54 bits per heavy atom. The molecular formula is C19H12BrF3O5. The largest absolute Gasteiger partial charge is 0.486 e. The van der Waals surface area contributed by atoms with Crippen molar-refractivity contribution in [1.82, 2.24) is 0 Å². The summed E-state index contributed by atoms with van der Waals surface area (Å²) in [6.45, 7) is 1.04. The van der Waals surface area contributed by atoms with Crippen LogP contribution in [-0.2, 0) is 11.0 Å². The molecule has 5 nitrogen and oxygen atoms in total. The van der Waals surface area contributed by atoms with E-state index < -0.39 is 23.1 Å². The van der Waals surface area contributed by atoms with Crippen LogP contribution in [0.4, 0.5) is 13.2 Å². The number of carbonyl (C=O) groups excluding carboxylic acids is 1. The summed E-state index contributed by atoms with van der Waals surface area (Å²) in [5.41, 5.74) is -1.32. The van der Waals surface area contributed by atoms with Gasteiger partial charge in [0.15, 0.2) is 5.78 Å². The second kappa shape index (κ2) is 7.67. The molecule has 0 amide bonds. The summed E-state index contributed by atoms with van der Waals surface area (Å²) in [6.07, 6.45) is -4.97. The van der Waals surface area contributed by atoms with Crippen LogP contribution in [0.15, 0.2) is 56.1 Å². The number of fused-ring (bicyclic) bond motifs is 1. The van der Waals surface area contributed by atoms with Crippen molar-refractivity contribution in [3.8, 4) is 17.2 Å². The van der Waals surface area contributed by atoms with Crippen LogP contribution in [-0.4, -0.2) is 12.4 Å². The molecule has 9 heteroatoms. The molecule has 0 atom stereocenters. The lowest BCUT2D eigenvalue weighted by molar-refractivity contribution is -0.154. The summed E-state index contributed by atoms with van der Waals surface area (Å²) in [6, 6.07) is 9.90. The number of rotatable bonds is 5. The summed E-state index contributed by atoms with van der Waals surface area (Å²) in [5, 5.41) is -0.120. The van der Waals surface area contributed by atoms with E-state index in [4.69, 9.17) is 13.9 Å². The van der Waals surface area contributed by atoms with E-state index in [0.717, 1.165) is 6.07 Å². The molecule has 0 unspecified atom stereocenters. The summed E-state index contributed by atoms with van der Waals surface area (Å²) in [5.74, 6) is -2.68. The molecule has 146 valence electrons. The lowest BCUT2D eigenvalue weighted by Crippen LogP contribution is -2.15. The van der Waals surface area contributed by atoms with Gasteiger partial charge in [-0.2, -0.15) is 13.2 Å². The van der Waals surface area contributed by atoms with Crippen molar-refractivity contribution in [2.45, 2.75) is 13.1 Å². The molecule has 0 aliphatic rings. The molecule has 0 saturated heterocycles. The molecule has 1 heterocycles. The zero-order valence-corrected chi connectivity index (χ0v) is 15.9. The number of benzene rings is 2. The fourth-order valence-electron chi connectivity index (χ4n) is 2.35. The topological polar surface area (TPSA) is 65.7 Å². The molecule has 3 rings (SSSR count). The highest BCUT2D eigenvalue weighted by Gasteiger charge is 2.40. The van der Waals surface area contributed by atoms with Crippen molar-refractivity contribution >= 4 is 32.7 Å². The van der Waals surface area contributed by atoms with Gasteiger partial charge in [0.25, 0.3) is 5.76 Å². The van der Waals surface area contributed by atoms with Crippen molar-refractivity contribution in [1.29, 1.82) is 0 Å². The van der Waals surface area contributed by atoms with Crippen molar-refractivity contribution in [3.05, 3.63) is 62.9 Å². The Hall–Kier alpha value is -2.81. The first-order valence-corrected chi connectivity index (χ1v) is 8.69. The predicted octanol–water partition coefficient (Wildman–Crippen LogP) is 5.33. The number of ketones is 1. The van der Waals surface area contributed by atoms with E-state index in [1.54, 1.807) is 18.2 Å². The predicted molar refractivity (Wildman–Crippen MR) is 97.9 cm³/mol. The minimum absolute atomic E-state index is 0.0288. The average molecular weight is 457 g/mol. The Morgan fingerprint density at radius 1 is 1.18 bits per heavy atom. The molecule has 28 heavy (non-hydrogen) atoms. The van der Waals surface area contributed by atoms with E-state index >= 15 is 0 Å². The normalized spacial score (nSPS) is 11.5. The summed E-state index contributed by atoms with van der Waals surface area (Å²) < 4.78 is 56.3. The van der Waals surface area contributed by atoms with E-state index in [1.807, 2.05) is 0 Å². The third-order valence-electron chi connectivity index (χ3n) is 3.57. The maximum Gasteiger partial charge on any atom is 0.453 e. The first-order chi connectivity index (χ1) is 13.2. The molecule has 3 aromatic rings. The van der Waals surface area contributed by atoms with Gasteiger partial charge in [0.05, 0.1) is 9.86 Å². The van der Waals surface area contributed by atoms with Gasteiger partial charge in [0.2, 0.25) is 11.2 Å². The van der Waals surface area contributed by atoms with Gasteiger partial charge >= 0.3 is 6.18 Å². The van der Waals surface area contributed by atoms with Gasteiger partial charge in [-0.05, 0) is 47.1 Å². The number of carbonyl (C=O) groups is 1. The molecule has 1 aromatic heterocycles. The maximum atomic E-state index is 13.5. The highest BCUT2D eigenvalue weighted by Crippen LogP contribution is 2.39. The van der Waals surface area contributed by atoms with E-state index in [-0.39, 0.29) is 34.9 Å². The van der Waals surface area contributed by atoms with Crippen LogP contribution in [0.1, 0.15) is 12.7 Å². The third-order valence-corrected chi connectivity index (χ3v) is 4.23. The quantitative estimate of drug-likeness (QED) is 0.518. The molecule has 0 bridgehead atoms. The van der Waals surface area contributed by atoms with Crippen LogP contribution < -0.4 is 14.9 Å². The first-order valence-electron chi connectivity index (χ1n) is 7.89. The summed E-state index contributed by atoms with van der Waals surface area (Å²) in [4.78, 5) is 23.7. The second-order valence-electron chi connectivity index (χ2n) is 5.77. The average Bonchev–Trinajstić information content (AvgIpc) is 2.62. The number of alkyl halides is 3. The molecule has 0 radical (unpaired) electrons. The minimum Gasteiger partial charge on any atom is -0.486 e. The van der Waals surface area contributed by atoms with E-state index in [9.17, 15) is 22.8 Å². The van der Waals surface area contributed by atoms with Crippen LogP contribution in [0.5, 0.6) is 17.2 Å². The third kappa shape index (κ3) is 4.19. The number of ether oxygens (including phenoxy) is 2. The Labute approximate surface area is 164 Å². The van der Waals surface area contributed by atoms with E-state index in [0.29, 0.717) is 4.47 Å². The van der Waals surface area contributed by atoms with Crippen LogP contribution in [0.2, 0.25) is 0 Å². The van der Waals surface area contributed by atoms with Gasteiger partial charge in [-0.15, -0.1) is 0 Å². The molecule has 0 saturated carbocycles. The van der Waals surface area contributed by atoms with Crippen molar-refractivity contribution < 1.29 is 31.9 Å². The van der Waals surface area contributed by atoms with Crippen molar-refractivity contribution in [3.63, 3.8) is 0 Å². The summed E-state index contributed by atoms with van der Waals surface area (Å²) >= 11 is 3.16. The molecule has 0 N–H and O–H groups in total. The van der Waals surface area contributed by atoms with Gasteiger partial charge < -0.3 is 13.9 Å². The monoisotopic (exact) mass is 456 g/mol. The van der Waals surface area contributed by atoms with Crippen LogP contribution >= 0.6 is 15.9 Å². The van der Waals surface area contributed by atoms with Crippen LogP contribution in [0.25, 0.3) is 11.0 Å². The van der Waals surface area contributed by atoms with Gasteiger partial charge in [0.1, 0.15) is 23.7 Å². The minimum atomic E-state index is -4.97. The van der Waals surface area contributed by atoms with Crippen molar-refractivity contribution in [2.24, 2.45) is 0 Å². The molecule has 2 aromatic carbocycles. The Morgan fingerprint density at radius 2 is 1.89 bits per heavy atom. The fraction of sp³-hybridized carbons (Fsp3) is 0.158. The van der Waals surface area contributed by atoms with E-state index in [1.165, 1.54) is 25.1 Å². The number of hydrogen-bond donors (Lipinski definition) is 0. The maximum absolute atomic E-state index is 13.5. The number of Topliss-reactive ketones (excluding diaryl/α,β-unsaturated/α-hetero) is 1. The standard InChI is InChI=1S/C19H12BrF3O5/c1-10(24)9-26-11-6-7-12-15(8-11)28-18(19(21,22)23)17(16(12)25)27-14-5-3-2-4-13(14)20/h2-8H,9H2,1H3. The smallest absolute Gasteiger partial charge is 0.453 e. The summed E-state index contributed by atoms with van der Waals surface area (Å²) in [7, 11) is 0. The Kier molecular flexibility index (Phi) is 5.46. The zero-order chi connectivity index (χ0) is 20.5. The highest BCUT2D eigenvalue weighted by molar-refractivity contribution is 9.10. The van der Waals surface area contributed by atoms with E-state index in [2.05, 4.69) is 15.9 Å². The van der Waals surface area contributed by atoms with Crippen molar-refractivity contribution in [2.75, 3.05) is 6.61 Å². The molecule has 0 aliphatic heterocycles. The first kappa shape index (κ1) is 19.9. The number of hydrogen-bond acceptors (Lipinski definition) is 5. The van der Waals surface area contributed by atoms with Crippen LogP contribution in [0, 0.1) is 0 Å². The molecule has 0 fully saturated rings. The Balaban J connectivity index is 2.16. The SMILES string of the molecule is CC(=O)COc1ccc2c(=O)c(Oc3ccccc3Br)c(C(F)(F)F)oc2c1. The van der Waals surface area contributed by atoms with Gasteiger partial charge in [0, 0.05) is 6.07 Å². The lowest BCUT2D eigenvalue weighted by atomic mass is 10.2. The number of halogens is 4. The second-order valence-corrected chi connectivity index (χ2v) is 6.62. The molecule has 0 aliphatic carbocycles. The van der Waals surface area contributed by atoms with Gasteiger partial charge in [-0.3, -0.25) is 9.59 Å². The zero-order valence-electron chi connectivity index (χ0n) is 14.3. The fourth-order valence-corrected chi connectivity index (χ4v) is 2.71. The molecule has 0 spiro atoms. The Bertz CT molecular complexity index is 1100. The van der Waals surface area contributed by atoms with Crippen LogP contribution in [0.3, 0.4) is 0 Å². The van der Waals surface area contributed by atoms with Gasteiger partial charge in [-0.25, -0.2) is 0 Å². The van der Waals surface area contributed by atoms with Gasteiger partial charge in [-0.1, -0.05) is 12.1 Å². The lowest BCUT2D eigenvalue weighted by Gasteiger charge is -2.14. The molecular weight excluding hydrogens is 445 g/mol.